The fourth-order valence-corrected chi connectivity index (χ4v) is 3.91. The van der Waals surface area contributed by atoms with Gasteiger partial charge in [-0.05, 0) is 31.2 Å². The molecule has 1 heterocycles. The first-order chi connectivity index (χ1) is 13.0. The standard InChI is InChI=1S/C20H24N2O5/c1-13-19(20(24)27-12-14-5-3-2-4-6-14)17(11-18(23)21-13)15-7-9-16(10-8-15)22(25)26/h7-10,14,17H,2-6,11-12H2,1H3,(H,21,23)/t17-/m0/s1. The number of nitrogens with one attached hydrogen (secondary N) is 1. The predicted molar refractivity (Wildman–Crippen MR) is 98.8 cm³/mol. The summed E-state index contributed by atoms with van der Waals surface area (Å²) in [6.45, 7) is 2.09. The molecule has 1 fully saturated rings. The van der Waals surface area contributed by atoms with Gasteiger partial charge in [0.15, 0.2) is 0 Å². The van der Waals surface area contributed by atoms with Crippen molar-refractivity contribution in [2.45, 2.75) is 51.4 Å². The van der Waals surface area contributed by atoms with Crippen LogP contribution >= 0.6 is 0 Å². The number of nitro groups is 1. The van der Waals surface area contributed by atoms with E-state index in [1.54, 1.807) is 19.1 Å². The number of allylic oxidation sites excluding steroid dienone is 1. The lowest BCUT2D eigenvalue weighted by Crippen LogP contribution is -2.34. The van der Waals surface area contributed by atoms with Crippen molar-refractivity contribution in [1.29, 1.82) is 0 Å². The van der Waals surface area contributed by atoms with Gasteiger partial charge < -0.3 is 10.1 Å². The first-order valence-corrected chi connectivity index (χ1v) is 9.38. The number of non-ortho nitro benzene ring substituents is 1. The minimum atomic E-state index is -0.474. The number of hydrogen-bond acceptors (Lipinski definition) is 5. The molecule has 1 N–H and O–H groups in total. The Morgan fingerprint density at radius 3 is 2.52 bits per heavy atom. The summed E-state index contributed by atoms with van der Waals surface area (Å²) in [5, 5.41) is 13.6. The van der Waals surface area contributed by atoms with Gasteiger partial charge in [-0.2, -0.15) is 0 Å². The number of hydrogen-bond donors (Lipinski definition) is 1. The number of ether oxygens (including phenoxy) is 1. The smallest absolute Gasteiger partial charge is 0.336 e. The second-order valence-corrected chi connectivity index (χ2v) is 7.29. The quantitative estimate of drug-likeness (QED) is 0.484. The van der Waals surface area contributed by atoms with Crippen LogP contribution in [0.4, 0.5) is 5.69 Å². The predicted octanol–water partition coefficient (Wildman–Crippen LogP) is 3.60. The molecule has 27 heavy (non-hydrogen) atoms. The molecular weight excluding hydrogens is 348 g/mol. The summed E-state index contributed by atoms with van der Waals surface area (Å²) < 4.78 is 5.58. The minimum Gasteiger partial charge on any atom is -0.462 e. The molecule has 1 amide bonds. The van der Waals surface area contributed by atoms with Crippen LogP contribution in [0.5, 0.6) is 0 Å². The van der Waals surface area contributed by atoms with Crippen molar-refractivity contribution in [3.05, 3.63) is 51.2 Å². The first kappa shape index (κ1) is 19.1. The summed E-state index contributed by atoms with van der Waals surface area (Å²) in [5.41, 5.74) is 1.59. The summed E-state index contributed by atoms with van der Waals surface area (Å²) in [6, 6.07) is 5.98. The molecule has 0 radical (unpaired) electrons. The largest absolute Gasteiger partial charge is 0.462 e. The van der Waals surface area contributed by atoms with Crippen molar-refractivity contribution in [2.75, 3.05) is 6.61 Å². The molecule has 1 aromatic carbocycles. The number of nitro benzene ring substituents is 1. The highest BCUT2D eigenvalue weighted by atomic mass is 16.6. The van der Waals surface area contributed by atoms with Crippen molar-refractivity contribution in [3.63, 3.8) is 0 Å². The average Bonchev–Trinajstić information content (AvgIpc) is 2.66. The Morgan fingerprint density at radius 1 is 1.22 bits per heavy atom. The van der Waals surface area contributed by atoms with E-state index in [9.17, 15) is 19.7 Å². The van der Waals surface area contributed by atoms with E-state index in [1.165, 1.54) is 31.4 Å². The number of amides is 1. The number of nitrogens with zero attached hydrogens (tertiary/aromatic N) is 1. The van der Waals surface area contributed by atoms with Gasteiger partial charge in [0.1, 0.15) is 0 Å². The SMILES string of the molecule is CC1=C(C(=O)OCC2CCCCC2)[C@H](c2ccc([N+](=O)[O-])cc2)CC(=O)N1. The Labute approximate surface area is 157 Å². The van der Waals surface area contributed by atoms with Crippen LogP contribution in [-0.2, 0) is 14.3 Å². The van der Waals surface area contributed by atoms with Gasteiger partial charge in [0.2, 0.25) is 5.91 Å². The van der Waals surface area contributed by atoms with Crippen LogP contribution in [0.2, 0.25) is 0 Å². The van der Waals surface area contributed by atoms with Gasteiger partial charge >= 0.3 is 5.97 Å². The van der Waals surface area contributed by atoms with Crippen LogP contribution in [0, 0.1) is 16.0 Å². The molecular formula is C20H24N2O5. The van der Waals surface area contributed by atoms with Crippen LogP contribution in [0.15, 0.2) is 35.5 Å². The highest BCUT2D eigenvalue weighted by Gasteiger charge is 2.33. The Morgan fingerprint density at radius 2 is 1.89 bits per heavy atom. The van der Waals surface area contributed by atoms with E-state index in [0.717, 1.165) is 12.8 Å². The van der Waals surface area contributed by atoms with E-state index >= 15 is 0 Å². The topological polar surface area (TPSA) is 98.5 Å². The van der Waals surface area contributed by atoms with Crippen LogP contribution in [-0.4, -0.2) is 23.4 Å². The van der Waals surface area contributed by atoms with E-state index in [4.69, 9.17) is 4.74 Å². The molecule has 144 valence electrons. The molecule has 0 unspecified atom stereocenters. The van der Waals surface area contributed by atoms with Crippen LogP contribution in [0.1, 0.15) is 56.9 Å². The Hall–Kier alpha value is -2.70. The van der Waals surface area contributed by atoms with Crippen LogP contribution < -0.4 is 5.32 Å². The average molecular weight is 372 g/mol. The van der Waals surface area contributed by atoms with Crippen LogP contribution in [0.3, 0.4) is 0 Å². The summed E-state index contributed by atoms with van der Waals surface area (Å²) in [6.07, 6.45) is 5.85. The fraction of sp³-hybridized carbons (Fsp3) is 0.500. The molecule has 0 aromatic heterocycles. The number of benzene rings is 1. The molecule has 7 heteroatoms. The second kappa shape index (κ2) is 8.33. The molecule has 0 saturated heterocycles. The summed E-state index contributed by atoms with van der Waals surface area (Å²) in [7, 11) is 0. The molecule has 2 aliphatic rings. The maximum atomic E-state index is 12.8. The van der Waals surface area contributed by atoms with E-state index < -0.39 is 16.8 Å². The van der Waals surface area contributed by atoms with E-state index in [1.807, 2.05) is 0 Å². The molecule has 1 atom stereocenters. The number of carbonyl (C=O) groups is 2. The maximum Gasteiger partial charge on any atom is 0.336 e. The normalized spacial score (nSPS) is 20.9. The Balaban J connectivity index is 1.78. The highest BCUT2D eigenvalue weighted by Crippen LogP contribution is 2.34. The van der Waals surface area contributed by atoms with Gasteiger partial charge in [0.25, 0.3) is 5.69 Å². The summed E-state index contributed by atoms with van der Waals surface area (Å²) in [5.74, 6) is -0.654. The van der Waals surface area contributed by atoms with Crippen molar-refractivity contribution < 1.29 is 19.2 Å². The van der Waals surface area contributed by atoms with Gasteiger partial charge in [-0.25, -0.2) is 4.79 Å². The van der Waals surface area contributed by atoms with Crippen molar-refractivity contribution in [1.82, 2.24) is 5.32 Å². The fourth-order valence-electron chi connectivity index (χ4n) is 3.91. The molecule has 7 nitrogen and oxygen atoms in total. The summed E-state index contributed by atoms with van der Waals surface area (Å²) >= 11 is 0. The minimum absolute atomic E-state index is 0.0267. The highest BCUT2D eigenvalue weighted by molar-refractivity contribution is 5.95. The molecule has 1 aromatic rings. The second-order valence-electron chi connectivity index (χ2n) is 7.29. The van der Waals surface area contributed by atoms with E-state index in [2.05, 4.69) is 5.32 Å². The van der Waals surface area contributed by atoms with Gasteiger partial charge in [-0.1, -0.05) is 31.4 Å². The number of esters is 1. The molecule has 0 bridgehead atoms. The van der Waals surface area contributed by atoms with E-state index in [-0.39, 0.29) is 18.0 Å². The zero-order chi connectivity index (χ0) is 19.4. The van der Waals surface area contributed by atoms with Gasteiger partial charge in [0, 0.05) is 30.2 Å². The van der Waals surface area contributed by atoms with Gasteiger partial charge in [-0.15, -0.1) is 0 Å². The van der Waals surface area contributed by atoms with Crippen LogP contribution in [0.25, 0.3) is 0 Å². The molecule has 0 spiro atoms. The monoisotopic (exact) mass is 372 g/mol. The molecule has 1 saturated carbocycles. The lowest BCUT2D eigenvalue weighted by atomic mass is 9.84. The maximum absolute atomic E-state index is 12.8. The first-order valence-electron chi connectivity index (χ1n) is 9.38. The third-order valence-corrected chi connectivity index (χ3v) is 5.37. The Kier molecular flexibility index (Phi) is 5.88. The zero-order valence-corrected chi connectivity index (χ0v) is 15.4. The lowest BCUT2D eigenvalue weighted by Gasteiger charge is -2.27. The Bertz CT molecular complexity index is 763. The zero-order valence-electron chi connectivity index (χ0n) is 15.4. The molecule has 3 rings (SSSR count). The third-order valence-electron chi connectivity index (χ3n) is 5.37. The van der Waals surface area contributed by atoms with Crippen molar-refractivity contribution >= 4 is 17.6 Å². The molecule has 1 aliphatic heterocycles. The van der Waals surface area contributed by atoms with E-state index in [0.29, 0.717) is 29.4 Å². The van der Waals surface area contributed by atoms with Crippen molar-refractivity contribution in [2.24, 2.45) is 5.92 Å². The number of rotatable bonds is 5. The third kappa shape index (κ3) is 4.53. The lowest BCUT2D eigenvalue weighted by molar-refractivity contribution is -0.384. The van der Waals surface area contributed by atoms with Crippen molar-refractivity contribution in [3.8, 4) is 0 Å². The molecule has 1 aliphatic carbocycles. The number of carbonyl (C=O) groups excluding carboxylic acids is 2. The van der Waals surface area contributed by atoms with Gasteiger partial charge in [0.05, 0.1) is 17.1 Å². The van der Waals surface area contributed by atoms with Gasteiger partial charge in [-0.3, -0.25) is 14.9 Å². The summed E-state index contributed by atoms with van der Waals surface area (Å²) in [4.78, 5) is 35.2.